The van der Waals surface area contributed by atoms with Crippen molar-refractivity contribution in [2.75, 3.05) is 7.11 Å². The van der Waals surface area contributed by atoms with Gasteiger partial charge in [0.15, 0.2) is 0 Å². The number of carbonyl (C=O) groups excluding carboxylic acids is 1. The molecule has 1 unspecified atom stereocenters. The Balaban J connectivity index is 1.63. The smallest absolute Gasteiger partial charge is 0.323 e. The van der Waals surface area contributed by atoms with Crippen molar-refractivity contribution in [3.05, 3.63) is 53.8 Å². The van der Waals surface area contributed by atoms with Crippen LogP contribution in [0.3, 0.4) is 0 Å². The van der Waals surface area contributed by atoms with Gasteiger partial charge in [0.05, 0.1) is 31.4 Å². The number of furan rings is 1. The first-order valence-electron chi connectivity index (χ1n) is 7.55. The van der Waals surface area contributed by atoms with Crippen molar-refractivity contribution >= 4 is 16.9 Å². The van der Waals surface area contributed by atoms with Crippen molar-refractivity contribution in [3.8, 4) is 0 Å². The first-order valence-corrected chi connectivity index (χ1v) is 7.55. The minimum atomic E-state index is -0.344. The Hall–Kier alpha value is -2.60. The van der Waals surface area contributed by atoms with E-state index >= 15 is 0 Å². The van der Waals surface area contributed by atoms with Gasteiger partial charge in [-0.2, -0.15) is 0 Å². The van der Waals surface area contributed by atoms with Crippen LogP contribution in [0.2, 0.25) is 0 Å². The number of ether oxygens (including phenoxy) is 1. The zero-order chi connectivity index (χ0) is 15.8. The first-order chi connectivity index (χ1) is 11.2. The normalized spacial score (nSPS) is 18.0. The van der Waals surface area contributed by atoms with E-state index in [1.807, 2.05) is 30.3 Å². The molecule has 0 saturated heterocycles. The largest absolute Gasteiger partial charge is 0.468 e. The highest BCUT2D eigenvalue weighted by Crippen LogP contribution is 2.26. The van der Waals surface area contributed by atoms with Gasteiger partial charge < -0.3 is 14.1 Å². The monoisotopic (exact) mass is 311 g/mol. The Morgan fingerprint density at radius 2 is 2.35 bits per heavy atom. The number of hydrogen-bond acceptors (Lipinski definition) is 5. The summed E-state index contributed by atoms with van der Waals surface area (Å²) in [6.07, 6.45) is 2.22. The maximum Gasteiger partial charge on any atom is 0.323 e. The summed E-state index contributed by atoms with van der Waals surface area (Å²) in [5.74, 6) is 0.595. The second-order valence-electron chi connectivity index (χ2n) is 5.73. The van der Waals surface area contributed by atoms with E-state index < -0.39 is 0 Å². The molecule has 0 radical (unpaired) electrons. The molecule has 1 aromatic carbocycles. The van der Waals surface area contributed by atoms with Crippen LogP contribution in [0.5, 0.6) is 0 Å². The van der Waals surface area contributed by atoms with Crippen molar-refractivity contribution < 1.29 is 13.9 Å². The number of benzene rings is 1. The van der Waals surface area contributed by atoms with E-state index in [1.54, 1.807) is 6.33 Å². The topological polar surface area (TPSA) is 71.4 Å². The highest BCUT2D eigenvalue weighted by Gasteiger charge is 2.34. The van der Waals surface area contributed by atoms with Crippen LogP contribution in [-0.4, -0.2) is 34.0 Å². The van der Waals surface area contributed by atoms with E-state index in [9.17, 15) is 4.79 Å². The molecule has 0 bridgehead atoms. The van der Waals surface area contributed by atoms with Crippen LogP contribution in [0.4, 0.5) is 0 Å². The standard InChI is InChI=1S/C17H17N3O3/c1-22-17(21)15-7-13-14(19-10-18-13)9-20(15)8-12-6-11-4-2-3-5-16(11)23-12/h2-6,10,15H,7-9H2,1H3,(H,18,19). The number of esters is 1. The molecule has 6 nitrogen and oxygen atoms in total. The number of rotatable bonds is 3. The van der Waals surface area contributed by atoms with E-state index in [0.29, 0.717) is 19.5 Å². The van der Waals surface area contributed by atoms with Gasteiger partial charge in [-0.25, -0.2) is 4.98 Å². The zero-order valence-electron chi connectivity index (χ0n) is 12.8. The number of nitrogens with zero attached hydrogens (tertiary/aromatic N) is 2. The molecule has 1 aliphatic rings. The van der Waals surface area contributed by atoms with E-state index in [1.165, 1.54) is 7.11 Å². The Kier molecular flexibility index (Phi) is 3.38. The summed E-state index contributed by atoms with van der Waals surface area (Å²) in [6, 6.07) is 9.57. The molecule has 2 aromatic heterocycles. The fourth-order valence-corrected chi connectivity index (χ4v) is 3.14. The lowest BCUT2D eigenvalue weighted by molar-refractivity contribution is -0.148. The molecule has 23 heavy (non-hydrogen) atoms. The summed E-state index contributed by atoms with van der Waals surface area (Å²) in [5, 5.41) is 1.07. The highest BCUT2D eigenvalue weighted by atomic mass is 16.5. The molecule has 3 heterocycles. The minimum absolute atomic E-state index is 0.241. The zero-order valence-corrected chi connectivity index (χ0v) is 12.8. The number of hydrogen-bond donors (Lipinski definition) is 1. The molecule has 0 saturated carbocycles. The van der Waals surface area contributed by atoms with Crippen LogP contribution in [0.1, 0.15) is 17.1 Å². The average Bonchev–Trinajstić information content (AvgIpc) is 3.18. The SMILES string of the molecule is COC(=O)C1Cc2nc[nH]c2CN1Cc1cc2ccccc2o1. The van der Waals surface area contributed by atoms with E-state index in [-0.39, 0.29) is 12.0 Å². The van der Waals surface area contributed by atoms with E-state index in [4.69, 9.17) is 9.15 Å². The molecular formula is C17H17N3O3. The lowest BCUT2D eigenvalue weighted by Gasteiger charge is -2.32. The van der Waals surface area contributed by atoms with Crippen LogP contribution >= 0.6 is 0 Å². The first kappa shape index (κ1) is 14.0. The number of aromatic nitrogens is 2. The summed E-state index contributed by atoms with van der Waals surface area (Å²) in [6.45, 7) is 1.17. The molecule has 1 N–H and O–H groups in total. The third-order valence-corrected chi connectivity index (χ3v) is 4.30. The molecular weight excluding hydrogens is 294 g/mol. The predicted molar refractivity (Wildman–Crippen MR) is 83.6 cm³/mol. The van der Waals surface area contributed by atoms with Crippen LogP contribution in [0.25, 0.3) is 11.0 Å². The Morgan fingerprint density at radius 1 is 1.48 bits per heavy atom. The molecule has 6 heteroatoms. The van der Waals surface area contributed by atoms with Gasteiger partial charge in [-0.3, -0.25) is 9.69 Å². The van der Waals surface area contributed by atoms with Gasteiger partial charge >= 0.3 is 5.97 Å². The van der Waals surface area contributed by atoms with E-state index in [0.717, 1.165) is 28.1 Å². The summed E-state index contributed by atoms with van der Waals surface area (Å²) in [5.41, 5.74) is 2.83. The van der Waals surface area contributed by atoms with Gasteiger partial charge in [-0.15, -0.1) is 0 Å². The number of carbonyl (C=O) groups is 1. The summed E-state index contributed by atoms with van der Waals surface area (Å²) >= 11 is 0. The lowest BCUT2D eigenvalue weighted by Crippen LogP contribution is -2.45. The van der Waals surface area contributed by atoms with Crippen molar-refractivity contribution in [3.63, 3.8) is 0 Å². The van der Waals surface area contributed by atoms with Crippen LogP contribution in [0, 0.1) is 0 Å². The number of fused-ring (bicyclic) bond motifs is 2. The second kappa shape index (κ2) is 5.55. The third-order valence-electron chi connectivity index (χ3n) is 4.30. The molecule has 1 aliphatic heterocycles. The third kappa shape index (κ3) is 2.51. The maximum atomic E-state index is 12.1. The lowest BCUT2D eigenvalue weighted by atomic mass is 10.0. The molecule has 3 aromatic rings. The van der Waals surface area contributed by atoms with Gasteiger partial charge in [0.2, 0.25) is 0 Å². The molecule has 4 rings (SSSR count). The van der Waals surface area contributed by atoms with Crippen LogP contribution in [0.15, 0.2) is 41.1 Å². The molecule has 0 amide bonds. The van der Waals surface area contributed by atoms with Gasteiger partial charge in [0, 0.05) is 18.4 Å². The average molecular weight is 311 g/mol. The molecule has 0 spiro atoms. The minimum Gasteiger partial charge on any atom is -0.468 e. The number of aromatic amines is 1. The Morgan fingerprint density at radius 3 is 3.17 bits per heavy atom. The van der Waals surface area contributed by atoms with Gasteiger partial charge in [0.1, 0.15) is 17.4 Å². The van der Waals surface area contributed by atoms with Crippen molar-refractivity contribution in [2.24, 2.45) is 0 Å². The second-order valence-corrected chi connectivity index (χ2v) is 5.73. The fourth-order valence-electron chi connectivity index (χ4n) is 3.14. The Labute approximate surface area is 133 Å². The van der Waals surface area contributed by atoms with Gasteiger partial charge in [-0.05, 0) is 12.1 Å². The number of H-pyrrole nitrogens is 1. The number of para-hydroxylation sites is 1. The molecule has 118 valence electrons. The number of imidazole rings is 1. The van der Waals surface area contributed by atoms with Crippen LogP contribution in [-0.2, 0) is 29.0 Å². The van der Waals surface area contributed by atoms with Gasteiger partial charge in [0.25, 0.3) is 0 Å². The maximum absolute atomic E-state index is 12.1. The quantitative estimate of drug-likeness (QED) is 0.751. The number of nitrogens with one attached hydrogen (secondary N) is 1. The predicted octanol–water partition coefficient (Wildman–Crippen LogP) is 2.26. The summed E-state index contributed by atoms with van der Waals surface area (Å²) in [4.78, 5) is 21.6. The van der Waals surface area contributed by atoms with E-state index in [2.05, 4.69) is 14.9 Å². The highest BCUT2D eigenvalue weighted by molar-refractivity contribution is 5.78. The van der Waals surface area contributed by atoms with Crippen molar-refractivity contribution in [1.29, 1.82) is 0 Å². The number of methoxy groups -OCH3 is 1. The van der Waals surface area contributed by atoms with Crippen molar-refractivity contribution in [2.45, 2.75) is 25.6 Å². The Bertz CT molecular complexity index is 819. The molecule has 1 atom stereocenters. The fraction of sp³-hybridized carbons (Fsp3) is 0.294. The van der Waals surface area contributed by atoms with Gasteiger partial charge in [-0.1, -0.05) is 18.2 Å². The summed E-state index contributed by atoms with van der Waals surface area (Å²) < 4.78 is 10.8. The molecule has 0 aliphatic carbocycles. The summed E-state index contributed by atoms with van der Waals surface area (Å²) in [7, 11) is 1.42. The molecule has 0 fully saturated rings. The van der Waals surface area contributed by atoms with Crippen LogP contribution < -0.4 is 0 Å². The van der Waals surface area contributed by atoms with Crippen molar-refractivity contribution in [1.82, 2.24) is 14.9 Å².